The molecule has 0 bridgehead atoms. The number of hydrogen-bond acceptors (Lipinski definition) is 3. The van der Waals surface area contributed by atoms with Crippen LogP contribution in [-0.4, -0.2) is 44.1 Å². The van der Waals surface area contributed by atoms with E-state index in [4.69, 9.17) is 4.74 Å². The van der Waals surface area contributed by atoms with Gasteiger partial charge in [-0.3, -0.25) is 4.79 Å². The first-order valence-electron chi connectivity index (χ1n) is 6.93. The van der Waals surface area contributed by atoms with Gasteiger partial charge in [0.15, 0.2) is 0 Å². The van der Waals surface area contributed by atoms with Gasteiger partial charge in [0.05, 0.1) is 12.8 Å². The van der Waals surface area contributed by atoms with Crippen LogP contribution in [0.25, 0.3) is 0 Å². The summed E-state index contributed by atoms with van der Waals surface area (Å²) in [5.74, 6) is 1.00. The van der Waals surface area contributed by atoms with Crippen LogP contribution in [0.4, 0.5) is 5.69 Å². The average molecular weight is 274 g/mol. The normalized spacial score (nSPS) is 14.9. The highest BCUT2D eigenvalue weighted by atomic mass is 16.5. The van der Waals surface area contributed by atoms with Gasteiger partial charge in [0, 0.05) is 32.3 Å². The van der Waals surface area contributed by atoms with Crippen molar-refractivity contribution in [2.24, 2.45) is 0 Å². The summed E-state index contributed by atoms with van der Waals surface area (Å²) in [6.07, 6.45) is 1.71. The van der Waals surface area contributed by atoms with Crippen molar-refractivity contribution in [3.63, 3.8) is 0 Å². The Morgan fingerprint density at radius 1 is 1.15 bits per heavy atom. The minimum Gasteiger partial charge on any atom is -0.495 e. The van der Waals surface area contributed by atoms with Gasteiger partial charge in [0.25, 0.3) is 0 Å². The van der Waals surface area contributed by atoms with Crippen LogP contribution < -0.4 is 9.64 Å². The van der Waals surface area contributed by atoms with Crippen molar-refractivity contribution in [1.82, 2.24) is 4.90 Å². The zero-order valence-corrected chi connectivity index (χ0v) is 12.4. The number of ether oxygens (including phenoxy) is 1. The van der Waals surface area contributed by atoms with Gasteiger partial charge in [-0.15, -0.1) is 0 Å². The number of rotatable bonds is 3. The minimum absolute atomic E-state index is 0.115. The summed E-state index contributed by atoms with van der Waals surface area (Å²) in [5.41, 5.74) is 2.14. The number of hydrogen-bond donors (Lipinski definition) is 0. The van der Waals surface area contributed by atoms with Crippen LogP contribution >= 0.6 is 0 Å². The van der Waals surface area contributed by atoms with Gasteiger partial charge < -0.3 is 14.5 Å². The first kappa shape index (κ1) is 14.4. The molecule has 0 atom stereocenters. The molecule has 2 rings (SSSR count). The van der Waals surface area contributed by atoms with Crippen molar-refractivity contribution in [3.8, 4) is 5.75 Å². The number of benzene rings is 1. The largest absolute Gasteiger partial charge is 0.495 e. The van der Waals surface area contributed by atoms with Crippen LogP contribution in [0.15, 0.2) is 35.9 Å². The van der Waals surface area contributed by atoms with E-state index in [0.29, 0.717) is 0 Å². The van der Waals surface area contributed by atoms with Gasteiger partial charge in [0.1, 0.15) is 5.75 Å². The van der Waals surface area contributed by atoms with Crippen LogP contribution in [-0.2, 0) is 4.79 Å². The molecule has 1 heterocycles. The maximum atomic E-state index is 12.0. The fourth-order valence-electron chi connectivity index (χ4n) is 2.40. The van der Waals surface area contributed by atoms with Crippen molar-refractivity contribution in [2.45, 2.75) is 13.8 Å². The van der Waals surface area contributed by atoms with Gasteiger partial charge in [-0.25, -0.2) is 0 Å². The smallest absolute Gasteiger partial charge is 0.246 e. The number of anilines is 1. The third-order valence-electron chi connectivity index (χ3n) is 3.43. The van der Waals surface area contributed by atoms with E-state index in [2.05, 4.69) is 11.0 Å². The molecule has 108 valence electrons. The van der Waals surface area contributed by atoms with Gasteiger partial charge >= 0.3 is 0 Å². The molecule has 0 spiro atoms. The molecular weight excluding hydrogens is 252 g/mol. The topological polar surface area (TPSA) is 32.8 Å². The summed E-state index contributed by atoms with van der Waals surface area (Å²) in [4.78, 5) is 16.2. The lowest BCUT2D eigenvalue weighted by atomic mass is 10.2. The number of nitrogens with zero attached hydrogens (tertiary/aromatic N) is 2. The molecule has 20 heavy (non-hydrogen) atoms. The Kier molecular flexibility index (Phi) is 4.66. The lowest BCUT2D eigenvalue weighted by molar-refractivity contribution is -0.126. The predicted octanol–water partition coefficient (Wildman–Crippen LogP) is 2.31. The Balaban J connectivity index is 2.01. The van der Waals surface area contributed by atoms with E-state index in [9.17, 15) is 4.79 Å². The third kappa shape index (κ3) is 3.32. The lowest BCUT2D eigenvalue weighted by Gasteiger charge is -2.36. The maximum Gasteiger partial charge on any atom is 0.246 e. The minimum atomic E-state index is 0.115. The second-order valence-corrected chi connectivity index (χ2v) is 5.21. The zero-order valence-electron chi connectivity index (χ0n) is 12.4. The summed E-state index contributed by atoms with van der Waals surface area (Å²) in [5, 5.41) is 0. The highest BCUT2D eigenvalue weighted by molar-refractivity contribution is 5.88. The molecule has 4 heteroatoms. The van der Waals surface area contributed by atoms with Crippen LogP contribution in [0, 0.1) is 0 Å². The molecule has 1 aromatic rings. The summed E-state index contributed by atoms with van der Waals surface area (Å²) < 4.78 is 5.39. The van der Waals surface area contributed by atoms with Gasteiger partial charge in [-0.2, -0.15) is 0 Å². The van der Waals surface area contributed by atoms with Crippen molar-refractivity contribution in [3.05, 3.63) is 35.9 Å². The summed E-state index contributed by atoms with van der Waals surface area (Å²) in [7, 11) is 1.69. The van der Waals surface area contributed by atoms with E-state index in [1.807, 2.05) is 36.9 Å². The number of carbonyl (C=O) groups is 1. The Bertz CT molecular complexity index is 499. The SMILES string of the molecule is COc1ccccc1N1CCN(C(=O)C=C(C)C)CC1. The molecule has 0 aromatic heterocycles. The average Bonchev–Trinajstić information content (AvgIpc) is 2.46. The Labute approximate surface area is 120 Å². The summed E-state index contributed by atoms with van der Waals surface area (Å²) >= 11 is 0. The lowest BCUT2D eigenvalue weighted by Crippen LogP contribution is -2.48. The number of carbonyl (C=O) groups excluding carboxylic acids is 1. The molecule has 1 aliphatic rings. The quantitative estimate of drug-likeness (QED) is 0.793. The first-order chi connectivity index (χ1) is 9.61. The van der Waals surface area contributed by atoms with Crippen LogP contribution in [0.3, 0.4) is 0 Å². The monoisotopic (exact) mass is 274 g/mol. The molecule has 0 unspecified atom stereocenters. The Morgan fingerprint density at radius 3 is 2.40 bits per heavy atom. The fourth-order valence-corrected chi connectivity index (χ4v) is 2.40. The summed E-state index contributed by atoms with van der Waals surface area (Å²) in [6, 6.07) is 8.01. The molecule has 0 radical (unpaired) electrons. The molecule has 1 amide bonds. The molecule has 1 aliphatic heterocycles. The third-order valence-corrected chi connectivity index (χ3v) is 3.43. The molecule has 0 N–H and O–H groups in total. The highest BCUT2D eigenvalue weighted by Gasteiger charge is 2.21. The maximum absolute atomic E-state index is 12.0. The van der Waals surface area contributed by atoms with Gasteiger partial charge in [-0.05, 0) is 26.0 Å². The van der Waals surface area contributed by atoms with Crippen LogP contribution in [0.1, 0.15) is 13.8 Å². The molecule has 0 saturated carbocycles. The van der Waals surface area contributed by atoms with Crippen molar-refractivity contribution in [1.29, 1.82) is 0 Å². The molecule has 4 nitrogen and oxygen atoms in total. The molecule has 0 aliphatic carbocycles. The zero-order chi connectivity index (χ0) is 14.5. The predicted molar refractivity (Wildman–Crippen MR) is 81.2 cm³/mol. The number of amides is 1. The van der Waals surface area contributed by atoms with E-state index in [1.165, 1.54) is 0 Å². The van der Waals surface area contributed by atoms with Crippen LogP contribution in [0.2, 0.25) is 0 Å². The van der Waals surface area contributed by atoms with Gasteiger partial charge in [0.2, 0.25) is 5.91 Å². The molecule has 1 aromatic carbocycles. The second kappa shape index (κ2) is 6.46. The molecule has 1 saturated heterocycles. The number of methoxy groups -OCH3 is 1. The van der Waals surface area contributed by atoms with E-state index in [1.54, 1.807) is 13.2 Å². The molecule has 1 fully saturated rings. The number of para-hydroxylation sites is 2. The van der Waals surface area contributed by atoms with Crippen molar-refractivity contribution >= 4 is 11.6 Å². The number of piperazine rings is 1. The van der Waals surface area contributed by atoms with E-state index < -0.39 is 0 Å². The van der Waals surface area contributed by atoms with Crippen molar-refractivity contribution in [2.75, 3.05) is 38.2 Å². The second-order valence-electron chi connectivity index (χ2n) is 5.21. The van der Waals surface area contributed by atoms with Gasteiger partial charge in [-0.1, -0.05) is 17.7 Å². The Morgan fingerprint density at radius 2 is 1.80 bits per heavy atom. The summed E-state index contributed by atoms with van der Waals surface area (Å²) in [6.45, 7) is 7.07. The number of allylic oxidation sites excluding steroid dienone is 1. The fraction of sp³-hybridized carbons (Fsp3) is 0.438. The molecular formula is C16H22N2O2. The Hall–Kier alpha value is -1.97. The van der Waals surface area contributed by atoms with Crippen LogP contribution in [0.5, 0.6) is 5.75 Å². The first-order valence-corrected chi connectivity index (χ1v) is 6.93. The highest BCUT2D eigenvalue weighted by Crippen LogP contribution is 2.28. The van der Waals surface area contributed by atoms with E-state index in [0.717, 1.165) is 43.2 Å². The van der Waals surface area contributed by atoms with Crippen molar-refractivity contribution < 1.29 is 9.53 Å². The van der Waals surface area contributed by atoms with E-state index in [-0.39, 0.29) is 5.91 Å². The van der Waals surface area contributed by atoms with E-state index >= 15 is 0 Å². The standard InChI is InChI=1S/C16H22N2O2/c1-13(2)12-16(19)18-10-8-17(9-11-18)14-6-4-5-7-15(14)20-3/h4-7,12H,8-11H2,1-3H3.